The molecule has 0 aromatic carbocycles. The molecule has 0 saturated heterocycles. The number of carbonyl (C=O) groups is 2. The van der Waals surface area contributed by atoms with Crippen LogP contribution in [0.4, 0.5) is 0 Å². The molecule has 0 radical (unpaired) electrons. The van der Waals surface area contributed by atoms with Crippen LogP contribution < -0.4 is 5.32 Å². The van der Waals surface area contributed by atoms with Gasteiger partial charge >= 0.3 is 5.97 Å². The van der Waals surface area contributed by atoms with Gasteiger partial charge in [-0.2, -0.15) is 0 Å². The summed E-state index contributed by atoms with van der Waals surface area (Å²) in [7, 11) is 0. The van der Waals surface area contributed by atoms with Gasteiger partial charge in [-0.3, -0.25) is 9.59 Å². The Balaban J connectivity index is 3.50. The van der Waals surface area contributed by atoms with Crippen molar-refractivity contribution in [3.05, 3.63) is 48.6 Å². The molecule has 0 aliphatic heterocycles. The summed E-state index contributed by atoms with van der Waals surface area (Å²) in [5, 5.41) is 23.3. The van der Waals surface area contributed by atoms with E-state index in [4.69, 9.17) is 4.74 Å². The molecule has 78 heavy (non-hydrogen) atoms. The largest absolute Gasteiger partial charge is 0.466 e. The van der Waals surface area contributed by atoms with Gasteiger partial charge in [0.25, 0.3) is 0 Å². The molecule has 0 aliphatic rings. The molecule has 0 aromatic heterocycles. The van der Waals surface area contributed by atoms with E-state index in [1.54, 1.807) is 6.08 Å². The number of ether oxygens (including phenoxy) is 1. The number of nitrogens with one attached hydrogen (secondary N) is 1. The third-order valence-corrected chi connectivity index (χ3v) is 16.1. The zero-order chi connectivity index (χ0) is 56.4. The number of hydrogen-bond acceptors (Lipinski definition) is 5. The first-order valence-corrected chi connectivity index (χ1v) is 34.9. The Labute approximate surface area is 486 Å². The van der Waals surface area contributed by atoms with Crippen LogP contribution in [-0.4, -0.2) is 47.4 Å². The Morgan fingerprint density at radius 1 is 0.359 bits per heavy atom. The summed E-state index contributed by atoms with van der Waals surface area (Å²) in [4.78, 5) is 24.6. The maximum absolute atomic E-state index is 12.5. The molecule has 2 unspecified atom stereocenters. The van der Waals surface area contributed by atoms with E-state index in [1.807, 2.05) is 6.08 Å². The third-order valence-electron chi connectivity index (χ3n) is 16.1. The summed E-state index contributed by atoms with van der Waals surface area (Å²) >= 11 is 0. The van der Waals surface area contributed by atoms with Crippen LogP contribution in [0.3, 0.4) is 0 Å². The minimum absolute atomic E-state index is 0.0163. The van der Waals surface area contributed by atoms with Gasteiger partial charge in [0.1, 0.15) is 0 Å². The Kier molecular flexibility index (Phi) is 65.4. The monoisotopic (exact) mass is 1090 g/mol. The number of hydrogen-bond donors (Lipinski definition) is 3. The van der Waals surface area contributed by atoms with Gasteiger partial charge in [0, 0.05) is 12.8 Å². The van der Waals surface area contributed by atoms with E-state index in [0.717, 1.165) is 83.5 Å². The van der Waals surface area contributed by atoms with E-state index in [1.165, 1.54) is 263 Å². The second-order valence-corrected chi connectivity index (χ2v) is 23.9. The lowest BCUT2D eigenvalue weighted by molar-refractivity contribution is -0.143. The molecule has 0 saturated carbocycles. The standard InChI is InChI=1S/C72H135NO5/c1-3-5-7-9-11-13-15-17-19-21-23-24-25-26-27-28-30-32-36-40-44-48-52-56-60-64-70(75)69(68-74)73-71(76)65-61-57-53-49-45-41-37-33-31-35-39-43-47-51-55-59-63-67-78-72(77)66-62-58-54-50-46-42-38-34-29-22-20-18-16-14-12-10-8-6-4-2/h18,20,31,35,43,47,60,64,69-70,74-75H,3-17,19,21-30,32-34,36-42,44-46,48-59,61-63,65-68H2,1-2H3,(H,73,76)/b20-18-,35-31-,47-43-,64-60+. The van der Waals surface area contributed by atoms with Crippen molar-refractivity contribution in [2.75, 3.05) is 13.2 Å². The first kappa shape index (κ1) is 75.8. The van der Waals surface area contributed by atoms with Crippen LogP contribution in [0.5, 0.6) is 0 Å². The average Bonchev–Trinajstić information content (AvgIpc) is 3.44. The molecule has 3 N–H and O–H groups in total. The summed E-state index contributed by atoms with van der Waals surface area (Å²) in [6, 6.07) is -0.643. The van der Waals surface area contributed by atoms with E-state index in [-0.39, 0.29) is 18.5 Å². The SMILES string of the molecule is CCCCCCCC/C=C\CCCCCCCCCCCC(=O)OCCCCC/C=C\C/C=C\CCCCCCCCCC(=O)NC(CO)C(O)/C=C/CCCCCCCCCCCCCCCCCCCCCCCCC. The molecule has 0 aromatic rings. The molecular formula is C72H135NO5. The minimum Gasteiger partial charge on any atom is -0.466 e. The molecule has 458 valence electrons. The number of rotatable bonds is 65. The number of allylic oxidation sites excluding steroid dienone is 7. The highest BCUT2D eigenvalue weighted by Crippen LogP contribution is 2.18. The zero-order valence-electron chi connectivity index (χ0n) is 52.4. The number of amides is 1. The maximum atomic E-state index is 12.5. The number of carbonyl (C=O) groups excluding carboxylic acids is 2. The Hall–Kier alpha value is -2.18. The molecule has 0 aliphatic carbocycles. The van der Waals surface area contributed by atoms with Gasteiger partial charge in [0.2, 0.25) is 5.91 Å². The van der Waals surface area contributed by atoms with Crippen molar-refractivity contribution < 1.29 is 24.5 Å². The number of aliphatic hydroxyl groups is 2. The van der Waals surface area contributed by atoms with Crippen LogP contribution in [-0.2, 0) is 14.3 Å². The normalized spacial score (nSPS) is 12.8. The predicted octanol–water partition coefficient (Wildman–Crippen LogP) is 22.5. The van der Waals surface area contributed by atoms with Crippen LogP contribution in [0.1, 0.15) is 373 Å². The van der Waals surface area contributed by atoms with Crippen LogP contribution in [0.15, 0.2) is 48.6 Å². The summed E-state index contributed by atoms with van der Waals surface area (Å²) in [5.41, 5.74) is 0. The van der Waals surface area contributed by atoms with Gasteiger partial charge < -0.3 is 20.3 Å². The van der Waals surface area contributed by atoms with E-state index in [2.05, 4.69) is 55.6 Å². The van der Waals surface area contributed by atoms with Crippen molar-refractivity contribution in [1.82, 2.24) is 5.32 Å². The van der Waals surface area contributed by atoms with Crippen LogP contribution in [0, 0.1) is 0 Å². The van der Waals surface area contributed by atoms with Gasteiger partial charge in [-0.1, -0.05) is 313 Å². The molecule has 1 amide bonds. The summed E-state index contributed by atoms with van der Waals surface area (Å²) in [6.07, 6.45) is 87.5. The fourth-order valence-corrected chi connectivity index (χ4v) is 10.7. The molecule has 0 heterocycles. The molecule has 6 heteroatoms. The second kappa shape index (κ2) is 67.3. The maximum Gasteiger partial charge on any atom is 0.305 e. The first-order chi connectivity index (χ1) is 38.5. The summed E-state index contributed by atoms with van der Waals surface area (Å²) < 4.78 is 5.48. The topological polar surface area (TPSA) is 95.9 Å². The highest BCUT2D eigenvalue weighted by atomic mass is 16.5. The van der Waals surface area contributed by atoms with Crippen molar-refractivity contribution in [3.8, 4) is 0 Å². The smallest absolute Gasteiger partial charge is 0.305 e. The average molecular weight is 1090 g/mol. The van der Waals surface area contributed by atoms with Crippen molar-refractivity contribution >= 4 is 11.9 Å². The molecule has 6 nitrogen and oxygen atoms in total. The third kappa shape index (κ3) is 63.0. The molecule has 0 fully saturated rings. The zero-order valence-corrected chi connectivity index (χ0v) is 52.4. The Bertz CT molecular complexity index is 1310. The van der Waals surface area contributed by atoms with E-state index in [0.29, 0.717) is 19.4 Å². The van der Waals surface area contributed by atoms with Gasteiger partial charge in [-0.05, 0) is 96.3 Å². The predicted molar refractivity (Wildman–Crippen MR) is 342 cm³/mol. The van der Waals surface area contributed by atoms with Crippen molar-refractivity contribution in [3.63, 3.8) is 0 Å². The highest BCUT2D eigenvalue weighted by molar-refractivity contribution is 5.76. The van der Waals surface area contributed by atoms with Gasteiger partial charge in [-0.25, -0.2) is 0 Å². The number of unbranched alkanes of at least 4 members (excludes halogenated alkanes) is 48. The van der Waals surface area contributed by atoms with Crippen molar-refractivity contribution in [1.29, 1.82) is 0 Å². The molecule has 0 rings (SSSR count). The van der Waals surface area contributed by atoms with Crippen LogP contribution in [0.25, 0.3) is 0 Å². The van der Waals surface area contributed by atoms with Gasteiger partial charge in [0.05, 0.1) is 25.4 Å². The second-order valence-electron chi connectivity index (χ2n) is 23.9. The summed E-state index contributed by atoms with van der Waals surface area (Å²) in [5.74, 6) is -0.0973. The van der Waals surface area contributed by atoms with Gasteiger partial charge in [-0.15, -0.1) is 0 Å². The van der Waals surface area contributed by atoms with E-state index >= 15 is 0 Å². The fraction of sp³-hybridized carbons (Fsp3) is 0.861. The fourth-order valence-electron chi connectivity index (χ4n) is 10.7. The highest BCUT2D eigenvalue weighted by Gasteiger charge is 2.18. The first-order valence-electron chi connectivity index (χ1n) is 34.9. The van der Waals surface area contributed by atoms with E-state index in [9.17, 15) is 19.8 Å². The minimum atomic E-state index is -0.858. The van der Waals surface area contributed by atoms with Crippen LogP contribution >= 0.6 is 0 Å². The number of esters is 1. The molecular weight excluding hydrogens is 959 g/mol. The van der Waals surface area contributed by atoms with Crippen LogP contribution in [0.2, 0.25) is 0 Å². The van der Waals surface area contributed by atoms with Crippen molar-refractivity contribution in [2.24, 2.45) is 0 Å². The molecule has 2 atom stereocenters. The van der Waals surface area contributed by atoms with Crippen molar-refractivity contribution in [2.45, 2.75) is 386 Å². The number of aliphatic hydroxyl groups excluding tert-OH is 2. The lowest BCUT2D eigenvalue weighted by atomic mass is 10.0. The lowest BCUT2D eigenvalue weighted by Gasteiger charge is -2.20. The molecule has 0 bridgehead atoms. The van der Waals surface area contributed by atoms with Gasteiger partial charge in [0.15, 0.2) is 0 Å². The molecule has 0 spiro atoms. The Morgan fingerprint density at radius 2 is 0.641 bits per heavy atom. The lowest BCUT2D eigenvalue weighted by Crippen LogP contribution is -2.45. The quantitative estimate of drug-likeness (QED) is 0.0320. The van der Waals surface area contributed by atoms with E-state index < -0.39 is 12.1 Å². The summed E-state index contributed by atoms with van der Waals surface area (Å²) in [6.45, 7) is 4.88. The Morgan fingerprint density at radius 3 is 0.987 bits per heavy atom.